The van der Waals surface area contributed by atoms with E-state index in [0.717, 1.165) is 58.3 Å². The number of anilines is 1. The molecule has 1 N–H and O–H groups in total. The summed E-state index contributed by atoms with van der Waals surface area (Å²) in [6, 6.07) is 7.05. The molecule has 0 amide bonds. The Morgan fingerprint density at radius 2 is 1.67 bits per heavy atom. The van der Waals surface area contributed by atoms with Crippen LogP contribution in [-0.2, 0) is 0 Å². The summed E-state index contributed by atoms with van der Waals surface area (Å²) in [7, 11) is 0. The molecule has 6 nitrogen and oxygen atoms in total. The number of guanidine groups is 1. The van der Waals surface area contributed by atoms with E-state index in [1.165, 1.54) is 32.2 Å². The minimum Gasteiger partial charge on any atom is -0.366 e. The Morgan fingerprint density at radius 3 is 2.30 bits per heavy atom. The molecular weight excluding hydrogens is 379 g/mol. The van der Waals surface area contributed by atoms with Gasteiger partial charge in [-0.1, -0.05) is 26.0 Å². The molecule has 0 aromatic heterocycles. The van der Waals surface area contributed by atoms with Gasteiger partial charge in [-0.2, -0.15) is 0 Å². The van der Waals surface area contributed by atoms with Gasteiger partial charge in [0.1, 0.15) is 5.82 Å². The lowest BCUT2D eigenvalue weighted by molar-refractivity contribution is 0.125. The Morgan fingerprint density at radius 1 is 1.00 bits per heavy atom. The van der Waals surface area contributed by atoms with Gasteiger partial charge in [0.2, 0.25) is 0 Å². The van der Waals surface area contributed by atoms with E-state index >= 15 is 0 Å². The molecular formula is C23H39FN6. The van der Waals surface area contributed by atoms with E-state index in [-0.39, 0.29) is 5.82 Å². The summed E-state index contributed by atoms with van der Waals surface area (Å²) in [5.41, 5.74) is 0.705. The van der Waals surface area contributed by atoms with E-state index in [9.17, 15) is 4.39 Å². The van der Waals surface area contributed by atoms with Gasteiger partial charge in [0.05, 0.1) is 5.69 Å². The second-order valence-corrected chi connectivity index (χ2v) is 8.46. The van der Waals surface area contributed by atoms with Crippen LogP contribution in [0.5, 0.6) is 0 Å². The van der Waals surface area contributed by atoms with Crippen molar-refractivity contribution in [2.75, 3.05) is 83.4 Å². The largest absolute Gasteiger partial charge is 0.366 e. The van der Waals surface area contributed by atoms with Gasteiger partial charge in [-0.15, -0.1) is 0 Å². The van der Waals surface area contributed by atoms with Crippen molar-refractivity contribution in [3.05, 3.63) is 30.1 Å². The zero-order valence-corrected chi connectivity index (χ0v) is 19.0. The topological polar surface area (TPSA) is 37.4 Å². The van der Waals surface area contributed by atoms with Crippen LogP contribution in [0.15, 0.2) is 29.3 Å². The monoisotopic (exact) mass is 418 g/mol. The Kier molecular flexibility index (Phi) is 8.75. The number of rotatable bonds is 7. The van der Waals surface area contributed by atoms with Gasteiger partial charge in [0.15, 0.2) is 5.96 Å². The Hall–Kier alpha value is -1.86. The van der Waals surface area contributed by atoms with Crippen molar-refractivity contribution < 1.29 is 4.39 Å². The summed E-state index contributed by atoms with van der Waals surface area (Å²) >= 11 is 0. The molecule has 2 saturated heterocycles. The molecule has 2 fully saturated rings. The lowest BCUT2D eigenvalue weighted by atomic mass is 10.1. The van der Waals surface area contributed by atoms with E-state index in [4.69, 9.17) is 4.99 Å². The highest BCUT2D eigenvalue weighted by molar-refractivity contribution is 5.80. The van der Waals surface area contributed by atoms with Crippen LogP contribution in [0.25, 0.3) is 0 Å². The summed E-state index contributed by atoms with van der Waals surface area (Å²) in [6.07, 6.45) is 0. The number of hydrogen-bond donors (Lipinski definition) is 1. The SMILES string of the molecule is CCNC(=NCC(C)CN1CCN(CC)CC1)N1CCN(c2ccccc2F)CC1. The minimum atomic E-state index is -0.139. The van der Waals surface area contributed by atoms with Crippen LogP contribution < -0.4 is 10.2 Å². The van der Waals surface area contributed by atoms with Crippen molar-refractivity contribution >= 4 is 11.6 Å². The number of piperazine rings is 2. The molecule has 0 spiro atoms. The average Bonchev–Trinajstić information content (AvgIpc) is 2.78. The predicted molar refractivity (Wildman–Crippen MR) is 124 cm³/mol. The summed E-state index contributed by atoms with van der Waals surface area (Å²) in [5.74, 6) is 1.39. The van der Waals surface area contributed by atoms with Gasteiger partial charge in [0.25, 0.3) is 0 Å². The number of aliphatic imine (C=N–C) groups is 1. The maximum Gasteiger partial charge on any atom is 0.194 e. The molecule has 7 heteroatoms. The van der Waals surface area contributed by atoms with Gasteiger partial charge in [-0.25, -0.2) is 4.39 Å². The highest BCUT2D eigenvalue weighted by Gasteiger charge is 2.22. The van der Waals surface area contributed by atoms with Crippen LogP contribution in [0, 0.1) is 11.7 Å². The lowest BCUT2D eigenvalue weighted by Gasteiger charge is -2.38. The number of nitrogens with zero attached hydrogens (tertiary/aromatic N) is 5. The first kappa shape index (κ1) is 22.8. The van der Waals surface area contributed by atoms with Crippen LogP contribution in [-0.4, -0.2) is 99.2 Å². The molecule has 3 rings (SSSR count). The molecule has 1 aromatic carbocycles. The van der Waals surface area contributed by atoms with E-state index in [0.29, 0.717) is 11.6 Å². The predicted octanol–water partition coefficient (Wildman–Crippen LogP) is 2.19. The zero-order chi connectivity index (χ0) is 21.3. The fraction of sp³-hybridized carbons (Fsp3) is 0.696. The van der Waals surface area contributed by atoms with Crippen molar-refractivity contribution in [2.45, 2.75) is 20.8 Å². The van der Waals surface area contributed by atoms with E-state index in [1.54, 1.807) is 6.07 Å². The molecule has 0 aliphatic carbocycles. The van der Waals surface area contributed by atoms with Crippen LogP contribution in [0.3, 0.4) is 0 Å². The van der Waals surface area contributed by atoms with E-state index in [1.807, 2.05) is 12.1 Å². The average molecular weight is 419 g/mol. The van der Waals surface area contributed by atoms with Gasteiger partial charge in [-0.3, -0.25) is 4.99 Å². The molecule has 1 unspecified atom stereocenters. The highest BCUT2D eigenvalue weighted by Crippen LogP contribution is 2.20. The molecule has 0 bridgehead atoms. The second kappa shape index (κ2) is 11.5. The maximum absolute atomic E-state index is 14.1. The number of para-hydroxylation sites is 1. The first-order valence-corrected chi connectivity index (χ1v) is 11.6. The standard InChI is InChI=1S/C23H39FN6/c1-4-25-23(26-18-20(3)19-28-12-10-27(5-2)11-13-28)30-16-14-29(15-17-30)22-9-7-6-8-21(22)24/h6-9,20H,4-5,10-19H2,1-3H3,(H,25,26). The number of hydrogen-bond acceptors (Lipinski definition) is 4. The van der Waals surface area contributed by atoms with Crippen LogP contribution in [0.2, 0.25) is 0 Å². The second-order valence-electron chi connectivity index (χ2n) is 8.46. The fourth-order valence-corrected chi connectivity index (χ4v) is 4.32. The van der Waals surface area contributed by atoms with E-state index < -0.39 is 0 Å². The molecule has 1 atom stereocenters. The zero-order valence-electron chi connectivity index (χ0n) is 19.0. The Balaban J connectivity index is 1.49. The molecule has 0 saturated carbocycles. The van der Waals surface area contributed by atoms with Gasteiger partial charge in [0, 0.05) is 72.0 Å². The summed E-state index contributed by atoms with van der Waals surface area (Å²) < 4.78 is 14.1. The summed E-state index contributed by atoms with van der Waals surface area (Å²) in [5, 5.41) is 3.45. The highest BCUT2D eigenvalue weighted by atomic mass is 19.1. The minimum absolute atomic E-state index is 0.139. The van der Waals surface area contributed by atoms with Crippen LogP contribution >= 0.6 is 0 Å². The van der Waals surface area contributed by atoms with E-state index in [2.05, 4.69) is 45.7 Å². The third kappa shape index (κ3) is 6.32. The van der Waals surface area contributed by atoms with Gasteiger partial charge >= 0.3 is 0 Å². The van der Waals surface area contributed by atoms with Crippen molar-refractivity contribution in [1.29, 1.82) is 0 Å². The first-order chi connectivity index (χ1) is 14.6. The first-order valence-electron chi connectivity index (χ1n) is 11.6. The molecule has 30 heavy (non-hydrogen) atoms. The molecule has 2 aliphatic rings. The third-order valence-corrected chi connectivity index (χ3v) is 6.14. The number of likely N-dealkylation sites (N-methyl/N-ethyl adjacent to an activating group) is 1. The Labute approximate surface area is 181 Å². The van der Waals surface area contributed by atoms with Crippen molar-refractivity contribution in [3.63, 3.8) is 0 Å². The van der Waals surface area contributed by atoms with Crippen molar-refractivity contribution in [1.82, 2.24) is 20.0 Å². The molecule has 0 radical (unpaired) electrons. The van der Waals surface area contributed by atoms with Crippen molar-refractivity contribution in [3.8, 4) is 0 Å². The summed E-state index contributed by atoms with van der Waals surface area (Å²) in [4.78, 5) is 14.5. The van der Waals surface area contributed by atoms with Crippen molar-refractivity contribution in [2.24, 2.45) is 10.9 Å². The fourth-order valence-electron chi connectivity index (χ4n) is 4.32. The maximum atomic E-state index is 14.1. The van der Waals surface area contributed by atoms with Crippen LogP contribution in [0.4, 0.5) is 10.1 Å². The normalized spacial score (nSPS) is 20.5. The molecule has 168 valence electrons. The third-order valence-electron chi connectivity index (χ3n) is 6.14. The number of nitrogens with one attached hydrogen (secondary N) is 1. The van der Waals surface area contributed by atoms with Crippen LogP contribution in [0.1, 0.15) is 20.8 Å². The van der Waals surface area contributed by atoms with Gasteiger partial charge < -0.3 is 24.9 Å². The summed E-state index contributed by atoms with van der Waals surface area (Å²) in [6.45, 7) is 18.6. The molecule has 1 aromatic rings. The molecule has 2 aliphatic heterocycles. The Bertz CT molecular complexity index is 665. The van der Waals surface area contributed by atoms with Gasteiger partial charge in [-0.05, 0) is 31.5 Å². The number of benzene rings is 1. The number of halogens is 1. The quantitative estimate of drug-likeness (QED) is 0.543. The lowest BCUT2D eigenvalue weighted by Crippen LogP contribution is -2.53. The smallest absolute Gasteiger partial charge is 0.194 e. The molecule has 2 heterocycles.